The van der Waals surface area contributed by atoms with E-state index < -0.39 is 0 Å². The molecule has 19 heavy (non-hydrogen) atoms. The van der Waals surface area contributed by atoms with E-state index in [-0.39, 0.29) is 5.91 Å². The fraction of sp³-hybridized carbons (Fsp3) is 0.267. The molecule has 0 aliphatic heterocycles. The Morgan fingerprint density at radius 2 is 2.05 bits per heavy atom. The summed E-state index contributed by atoms with van der Waals surface area (Å²) in [4.78, 5) is 14.4. The van der Waals surface area contributed by atoms with Crippen molar-refractivity contribution in [3.8, 4) is 0 Å². The first kappa shape index (κ1) is 14.2. The Morgan fingerprint density at radius 3 is 2.74 bits per heavy atom. The quantitative estimate of drug-likeness (QED) is 0.837. The largest absolute Gasteiger partial charge is 0.347 e. The van der Waals surface area contributed by atoms with Crippen molar-refractivity contribution in [3.63, 3.8) is 0 Å². The minimum absolute atomic E-state index is 0.00264. The van der Waals surface area contributed by atoms with Gasteiger partial charge in [0.1, 0.15) is 0 Å². The molecule has 0 spiro atoms. The molecule has 1 heterocycles. The minimum Gasteiger partial charge on any atom is -0.347 e. The molecule has 0 radical (unpaired) electrons. The number of rotatable bonds is 5. The number of benzene rings is 1. The molecule has 0 saturated carbocycles. The molecule has 1 amide bonds. The first-order valence-electron chi connectivity index (χ1n) is 6.23. The van der Waals surface area contributed by atoms with Crippen LogP contribution in [0.5, 0.6) is 0 Å². The molecule has 0 aliphatic rings. The second-order valence-corrected chi connectivity index (χ2v) is 7.08. The molecule has 100 valence electrons. The number of carbonyl (C=O) groups is 1. The van der Waals surface area contributed by atoms with Gasteiger partial charge in [0, 0.05) is 15.0 Å². The van der Waals surface area contributed by atoms with Gasteiger partial charge in [-0.25, -0.2) is 0 Å². The van der Waals surface area contributed by atoms with E-state index in [1.807, 2.05) is 41.8 Å². The first-order valence-corrected chi connectivity index (χ1v) is 7.99. The molecule has 2 aromatic rings. The summed E-state index contributed by atoms with van der Waals surface area (Å²) in [6.07, 6.45) is 0. The van der Waals surface area contributed by atoms with E-state index in [0.717, 1.165) is 10.5 Å². The Labute approximate surface area is 122 Å². The highest BCUT2D eigenvalue weighted by Gasteiger charge is 2.12. The SMILES string of the molecule is CC(C)Sc1ccccc1C(=O)NCc1cccs1. The van der Waals surface area contributed by atoms with E-state index >= 15 is 0 Å². The lowest BCUT2D eigenvalue weighted by molar-refractivity contribution is 0.0948. The minimum atomic E-state index is -0.00264. The van der Waals surface area contributed by atoms with Crippen molar-refractivity contribution in [1.29, 1.82) is 0 Å². The Morgan fingerprint density at radius 1 is 1.26 bits per heavy atom. The lowest BCUT2D eigenvalue weighted by atomic mass is 10.2. The van der Waals surface area contributed by atoms with Crippen molar-refractivity contribution in [3.05, 3.63) is 52.2 Å². The van der Waals surface area contributed by atoms with Gasteiger partial charge in [-0.2, -0.15) is 0 Å². The number of amides is 1. The van der Waals surface area contributed by atoms with Gasteiger partial charge in [-0.1, -0.05) is 32.0 Å². The van der Waals surface area contributed by atoms with Crippen LogP contribution in [0, 0.1) is 0 Å². The van der Waals surface area contributed by atoms with Gasteiger partial charge < -0.3 is 5.32 Å². The van der Waals surface area contributed by atoms with Crippen molar-refractivity contribution in [1.82, 2.24) is 5.32 Å². The maximum atomic E-state index is 12.2. The summed E-state index contributed by atoms with van der Waals surface area (Å²) in [5.41, 5.74) is 0.762. The van der Waals surface area contributed by atoms with Crippen LogP contribution in [-0.2, 0) is 6.54 Å². The second-order valence-electron chi connectivity index (χ2n) is 4.42. The molecule has 0 saturated heterocycles. The van der Waals surface area contributed by atoms with Crippen LogP contribution in [-0.4, -0.2) is 11.2 Å². The van der Waals surface area contributed by atoms with E-state index in [1.165, 1.54) is 4.88 Å². The van der Waals surface area contributed by atoms with Gasteiger partial charge in [-0.05, 0) is 23.6 Å². The Bertz CT molecular complexity index is 535. The van der Waals surface area contributed by atoms with Gasteiger partial charge in [0.2, 0.25) is 0 Å². The van der Waals surface area contributed by atoms with Crippen molar-refractivity contribution >= 4 is 29.0 Å². The number of thiophene rings is 1. The van der Waals surface area contributed by atoms with E-state index in [1.54, 1.807) is 23.1 Å². The predicted molar refractivity (Wildman–Crippen MR) is 82.9 cm³/mol. The molecule has 0 aliphatic carbocycles. The zero-order chi connectivity index (χ0) is 13.7. The third-order valence-corrected chi connectivity index (χ3v) is 4.46. The van der Waals surface area contributed by atoms with Gasteiger partial charge in [0.05, 0.1) is 12.1 Å². The maximum Gasteiger partial charge on any atom is 0.252 e. The summed E-state index contributed by atoms with van der Waals surface area (Å²) < 4.78 is 0. The van der Waals surface area contributed by atoms with Gasteiger partial charge in [0.25, 0.3) is 5.91 Å². The maximum absolute atomic E-state index is 12.2. The first-order chi connectivity index (χ1) is 9.16. The van der Waals surface area contributed by atoms with Crippen molar-refractivity contribution in [2.45, 2.75) is 30.5 Å². The number of nitrogens with one attached hydrogen (secondary N) is 1. The fourth-order valence-electron chi connectivity index (χ4n) is 1.69. The van der Waals surface area contributed by atoms with Crippen molar-refractivity contribution in [2.75, 3.05) is 0 Å². The molecular weight excluding hydrogens is 274 g/mol. The summed E-state index contributed by atoms with van der Waals surface area (Å²) in [6, 6.07) is 11.8. The van der Waals surface area contributed by atoms with E-state index in [4.69, 9.17) is 0 Å². The Kier molecular flexibility index (Phi) is 5.05. The topological polar surface area (TPSA) is 29.1 Å². The van der Waals surface area contributed by atoms with E-state index in [2.05, 4.69) is 19.2 Å². The summed E-state index contributed by atoms with van der Waals surface area (Å²) in [6.45, 7) is 4.85. The molecule has 1 aromatic carbocycles. The van der Waals surface area contributed by atoms with Gasteiger partial charge in [-0.3, -0.25) is 4.79 Å². The zero-order valence-corrected chi connectivity index (χ0v) is 12.7. The Balaban J connectivity index is 2.06. The van der Waals surface area contributed by atoms with E-state index in [0.29, 0.717) is 11.8 Å². The number of hydrogen-bond acceptors (Lipinski definition) is 3. The molecule has 0 unspecified atom stereocenters. The number of carbonyl (C=O) groups excluding carboxylic acids is 1. The average Bonchev–Trinajstić information content (AvgIpc) is 2.89. The van der Waals surface area contributed by atoms with Crippen LogP contribution in [0.2, 0.25) is 0 Å². The molecule has 0 atom stereocenters. The fourth-order valence-corrected chi connectivity index (χ4v) is 3.28. The molecular formula is C15H17NOS2. The molecule has 2 nitrogen and oxygen atoms in total. The summed E-state index contributed by atoms with van der Waals surface area (Å²) >= 11 is 3.37. The zero-order valence-electron chi connectivity index (χ0n) is 11.1. The van der Waals surface area contributed by atoms with Crippen LogP contribution in [0.15, 0.2) is 46.7 Å². The molecule has 2 rings (SSSR count). The highest BCUT2D eigenvalue weighted by atomic mass is 32.2. The molecule has 1 N–H and O–H groups in total. The molecule has 4 heteroatoms. The van der Waals surface area contributed by atoms with E-state index in [9.17, 15) is 4.79 Å². The summed E-state index contributed by atoms with van der Waals surface area (Å²) in [5.74, 6) is -0.00264. The van der Waals surface area contributed by atoms with Crippen LogP contribution in [0.1, 0.15) is 29.1 Å². The molecule has 1 aromatic heterocycles. The lowest BCUT2D eigenvalue weighted by Gasteiger charge is -2.11. The lowest BCUT2D eigenvalue weighted by Crippen LogP contribution is -2.23. The van der Waals surface area contributed by atoms with Gasteiger partial charge in [0.15, 0.2) is 0 Å². The Hall–Kier alpha value is -1.26. The van der Waals surface area contributed by atoms with Crippen LogP contribution < -0.4 is 5.32 Å². The summed E-state index contributed by atoms with van der Waals surface area (Å²) in [7, 11) is 0. The second kappa shape index (κ2) is 6.78. The number of thioether (sulfide) groups is 1. The smallest absolute Gasteiger partial charge is 0.252 e. The van der Waals surface area contributed by atoms with Gasteiger partial charge >= 0.3 is 0 Å². The van der Waals surface area contributed by atoms with Crippen LogP contribution in [0.3, 0.4) is 0 Å². The predicted octanol–water partition coefficient (Wildman–Crippen LogP) is 4.18. The van der Waals surface area contributed by atoms with Crippen LogP contribution >= 0.6 is 23.1 Å². The van der Waals surface area contributed by atoms with Gasteiger partial charge in [-0.15, -0.1) is 23.1 Å². The van der Waals surface area contributed by atoms with Crippen LogP contribution in [0.4, 0.5) is 0 Å². The standard InChI is InChI=1S/C15H17NOS2/c1-11(2)19-14-8-4-3-7-13(14)15(17)16-10-12-6-5-9-18-12/h3-9,11H,10H2,1-2H3,(H,16,17). The van der Waals surface area contributed by atoms with Crippen molar-refractivity contribution in [2.24, 2.45) is 0 Å². The highest BCUT2D eigenvalue weighted by molar-refractivity contribution is 8.00. The van der Waals surface area contributed by atoms with Crippen LogP contribution in [0.25, 0.3) is 0 Å². The number of hydrogen-bond donors (Lipinski definition) is 1. The third-order valence-electron chi connectivity index (χ3n) is 2.50. The third kappa shape index (κ3) is 4.11. The van der Waals surface area contributed by atoms with Crippen molar-refractivity contribution < 1.29 is 4.79 Å². The molecule has 0 bridgehead atoms. The molecule has 0 fully saturated rings. The summed E-state index contributed by atoms with van der Waals surface area (Å²) in [5, 5.41) is 5.46. The normalized spacial score (nSPS) is 10.7. The monoisotopic (exact) mass is 291 g/mol. The average molecular weight is 291 g/mol. The highest BCUT2D eigenvalue weighted by Crippen LogP contribution is 2.26.